The molecule has 4 atom stereocenters. The van der Waals surface area contributed by atoms with E-state index in [2.05, 4.69) is 11.9 Å². The number of phenolic OH excluding ortho intramolecular Hbond substituents is 1. The van der Waals surface area contributed by atoms with Gasteiger partial charge in [-0.2, -0.15) is 4.90 Å². The first-order valence-electron chi connectivity index (χ1n) is 13.1. The summed E-state index contributed by atoms with van der Waals surface area (Å²) in [4.78, 5) is 43.7. The smallest absolute Gasteiger partial charge is 0.423 e. The Kier molecular flexibility index (Phi) is 7.42. The molecule has 1 aromatic carbocycles. The molecule has 2 saturated heterocycles. The van der Waals surface area contributed by atoms with E-state index in [1.165, 1.54) is 12.7 Å². The number of ether oxygens (including phenoxy) is 2. The molecule has 38 heavy (non-hydrogen) atoms. The number of pyridine rings is 1. The molecule has 0 radical (unpaired) electrons. The number of aromatic nitrogens is 1. The van der Waals surface area contributed by atoms with Gasteiger partial charge in [0.05, 0.1) is 37.4 Å². The summed E-state index contributed by atoms with van der Waals surface area (Å²) in [7, 11) is 1.18. The number of phenols is 1. The number of carbonyl (C=O) groups excluding carboxylic acids is 3. The van der Waals surface area contributed by atoms with Gasteiger partial charge < -0.3 is 14.6 Å². The highest BCUT2D eigenvalue weighted by atomic mass is 16.5. The van der Waals surface area contributed by atoms with Crippen LogP contribution in [0.25, 0.3) is 11.6 Å². The lowest BCUT2D eigenvalue weighted by atomic mass is 9.68. The Morgan fingerprint density at radius 3 is 2.74 bits per heavy atom. The first-order valence-corrected chi connectivity index (χ1v) is 13.1. The SMILES string of the molecule is CCCC1=C2[C@@H](CC/C(=C/c3cccc(O)c3)c3ccccn3)OC[C@@H]2[C@@H]2C(=O)N(C(=O)OC)C(=O)[C@@H]2C1. The molecule has 1 aliphatic carbocycles. The lowest BCUT2D eigenvalue weighted by molar-refractivity contribution is -0.137. The van der Waals surface area contributed by atoms with Crippen LogP contribution in [0, 0.1) is 17.8 Å². The molecule has 2 aliphatic heterocycles. The number of rotatable bonds is 7. The number of benzene rings is 1. The summed E-state index contributed by atoms with van der Waals surface area (Å²) in [5, 5.41) is 9.94. The summed E-state index contributed by atoms with van der Waals surface area (Å²) in [6.07, 6.45) is 6.23. The zero-order chi connectivity index (χ0) is 26.8. The Bertz CT molecular complexity index is 1300. The number of methoxy groups -OCH3 is 1. The molecule has 0 spiro atoms. The van der Waals surface area contributed by atoms with Crippen LogP contribution in [0.5, 0.6) is 5.75 Å². The Hall–Kier alpha value is -3.78. The lowest BCUT2D eigenvalue weighted by Crippen LogP contribution is -2.38. The number of hydrogen-bond acceptors (Lipinski definition) is 7. The van der Waals surface area contributed by atoms with Gasteiger partial charge in [-0.05, 0) is 72.7 Å². The third kappa shape index (κ3) is 4.76. The third-order valence-corrected chi connectivity index (χ3v) is 7.80. The predicted molar refractivity (Wildman–Crippen MR) is 140 cm³/mol. The van der Waals surface area contributed by atoms with Gasteiger partial charge in [-0.25, -0.2) is 4.79 Å². The fourth-order valence-electron chi connectivity index (χ4n) is 6.21. The van der Waals surface area contributed by atoms with E-state index >= 15 is 0 Å². The molecule has 0 unspecified atom stereocenters. The van der Waals surface area contributed by atoms with E-state index in [9.17, 15) is 19.5 Å². The van der Waals surface area contributed by atoms with Crippen molar-refractivity contribution in [2.75, 3.05) is 13.7 Å². The Morgan fingerprint density at radius 2 is 2.03 bits per heavy atom. The van der Waals surface area contributed by atoms with Gasteiger partial charge in [0, 0.05) is 12.1 Å². The topological polar surface area (TPSA) is 106 Å². The molecule has 2 fully saturated rings. The molecule has 198 valence electrons. The highest BCUT2D eigenvalue weighted by molar-refractivity contribution is 6.16. The van der Waals surface area contributed by atoms with Gasteiger partial charge in [-0.15, -0.1) is 0 Å². The summed E-state index contributed by atoms with van der Waals surface area (Å²) in [5.41, 5.74) is 5.03. The van der Waals surface area contributed by atoms with E-state index in [0.29, 0.717) is 30.8 Å². The van der Waals surface area contributed by atoms with Crippen molar-refractivity contribution < 1.29 is 29.0 Å². The van der Waals surface area contributed by atoms with Crippen molar-refractivity contribution in [3.63, 3.8) is 0 Å². The zero-order valence-corrected chi connectivity index (χ0v) is 21.6. The van der Waals surface area contributed by atoms with E-state index < -0.39 is 29.7 Å². The number of amides is 3. The van der Waals surface area contributed by atoms with Crippen LogP contribution < -0.4 is 0 Å². The number of nitrogens with zero attached hydrogens (tertiary/aromatic N) is 2. The minimum atomic E-state index is -0.916. The van der Waals surface area contributed by atoms with Gasteiger partial charge in [-0.3, -0.25) is 14.6 Å². The third-order valence-electron chi connectivity index (χ3n) is 7.80. The van der Waals surface area contributed by atoms with Crippen molar-refractivity contribution in [3.8, 4) is 5.75 Å². The fraction of sp³-hybridized carbons (Fsp3) is 0.400. The average Bonchev–Trinajstić information content (AvgIpc) is 3.45. The molecule has 3 aliphatic rings. The van der Waals surface area contributed by atoms with Crippen LogP contribution in [0.15, 0.2) is 59.8 Å². The molecule has 8 heteroatoms. The molecular weight excluding hydrogens is 484 g/mol. The number of likely N-dealkylation sites (tertiary alicyclic amines) is 1. The van der Waals surface area contributed by atoms with Crippen LogP contribution in [-0.2, 0) is 19.1 Å². The maximum atomic E-state index is 13.2. The van der Waals surface area contributed by atoms with Crippen molar-refractivity contribution >= 4 is 29.6 Å². The van der Waals surface area contributed by atoms with E-state index in [1.54, 1.807) is 24.4 Å². The molecule has 0 bridgehead atoms. The summed E-state index contributed by atoms with van der Waals surface area (Å²) in [6, 6.07) is 12.9. The number of allylic oxidation sites excluding steroid dienone is 2. The number of imide groups is 3. The first-order chi connectivity index (χ1) is 18.4. The van der Waals surface area contributed by atoms with Crippen LogP contribution in [0.4, 0.5) is 4.79 Å². The molecule has 8 nitrogen and oxygen atoms in total. The molecule has 2 aromatic rings. The van der Waals surface area contributed by atoms with Crippen LogP contribution in [0.2, 0.25) is 0 Å². The van der Waals surface area contributed by atoms with Gasteiger partial charge in [0.1, 0.15) is 5.75 Å². The Balaban J connectivity index is 1.43. The van der Waals surface area contributed by atoms with Crippen molar-refractivity contribution in [3.05, 3.63) is 71.1 Å². The van der Waals surface area contributed by atoms with Crippen molar-refractivity contribution in [1.82, 2.24) is 9.88 Å². The second-order valence-corrected chi connectivity index (χ2v) is 10.1. The molecule has 3 heterocycles. The summed E-state index contributed by atoms with van der Waals surface area (Å²) in [6.45, 7) is 2.44. The Morgan fingerprint density at radius 1 is 1.18 bits per heavy atom. The fourth-order valence-corrected chi connectivity index (χ4v) is 6.21. The molecule has 3 amide bonds. The lowest BCUT2D eigenvalue weighted by Gasteiger charge is -2.31. The standard InChI is InChI=1S/C30H32N2O6/c1-3-7-20-16-22-27(29(35)32(28(22)34)30(36)37-2)23-17-38-25(26(20)23)12-11-19(24-10-4-5-13-31-24)14-18-8-6-9-21(33)15-18/h4-6,8-10,13-15,22-23,25,27,33H,3,7,11-12,16-17H2,1-2H3/b19-14-/t22-,23+,25-,27-/m1/s1. The van der Waals surface area contributed by atoms with Gasteiger partial charge >= 0.3 is 6.09 Å². The van der Waals surface area contributed by atoms with E-state index in [0.717, 1.165) is 35.2 Å². The quantitative estimate of drug-likeness (QED) is 0.408. The van der Waals surface area contributed by atoms with Gasteiger partial charge in [0.25, 0.3) is 0 Å². The number of fused-ring (bicyclic) bond motifs is 3. The number of carbonyl (C=O) groups is 3. The highest BCUT2D eigenvalue weighted by Crippen LogP contribution is 2.51. The predicted octanol–water partition coefficient (Wildman–Crippen LogP) is 4.99. The maximum Gasteiger partial charge on any atom is 0.423 e. The van der Waals surface area contributed by atoms with Gasteiger partial charge in [0.15, 0.2) is 0 Å². The van der Waals surface area contributed by atoms with E-state index in [4.69, 9.17) is 9.47 Å². The van der Waals surface area contributed by atoms with Crippen LogP contribution in [-0.4, -0.2) is 52.7 Å². The van der Waals surface area contributed by atoms with Crippen LogP contribution in [0.1, 0.15) is 50.3 Å². The average molecular weight is 517 g/mol. The van der Waals surface area contributed by atoms with Crippen LogP contribution in [0.3, 0.4) is 0 Å². The molecule has 0 saturated carbocycles. The summed E-state index contributed by atoms with van der Waals surface area (Å²) >= 11 is 0. The van der Waals surface area contributed by atoms with Gasteiger partial charge in [-0.1, -0.05) is 37.1 Å². The minimum absolute atomic E-state index is 0.186. The monoisotopic (exact) mass is 516 g/mol. The summed E-state index contributed by atoms with van der Waals surface area (Å²) in [5.74, 6) is -2.11. The second-order valence-electron chi connectivity index (χ2n) is 10.1. The second kappa shape index (κ2) is 10.9. The Labute approximate surface area is 222 Å². The minimum Gasteiger partial charge on any atom is -0.508 e. The number of aromatic hydroxyl groups is 1. The largest absolute Gasteiger partial charge is 0.508 e. The van der Waals surface area contributed by atoms with Crippen molar-refractivity contribution in [2.45, 2.75) is 45.1 Å². The number of hydrogen-bond donors (Lipinski definition) is 1. The normalized spacial score (nSPS) is 25.0. The molecular formula is C30H32N2O6. The zero-order valence-electron chi connectivity index (χ0n) is 21.6. The van der Waals surface area contributed by atoms with Gasteiger partial charge in [0.2, 0.25) is 11.8 Å². The van der Waals surface area contributed by atoms with Crippen molar-refractivity contribution in [2.24, 2.45) is 17.8 Å². The van der Waals surface area contributed by atoms with E-state index in [1.807, 2.05) is 30.3 Å². The molecule has 1 N–H and O–H groups in total. The van der Waals surface area contributed by atoms with E-state index in [-0.39, 0.29) is 17.8 Å². The first kappa shape index (κ1) is 25.9. The maximum absolute atomic E-state index is 13.2. The molecule has 5 rings (SSSR count). The van der Waals surface area contributed by atoms with Crippen molar-refractivity contribution in [1.29, 1.82) is 0 Å². The highest BCUT2D eigenvalue weighted by Gasteiger charge is 2.58. The molecule has 1 aromatic heterocycles. The van der Waals surface area contributed by atoms with Crippen LogP contribution >= 0.6 is 0 Å². The summed E-state index contributed by atoms with van der Waals surface area (Å²) < 4.78 is 11.0.